The van der Waals surface area contributed by atoms with Gasteiger partial charge in [-0.25, -0.2) is 0 Å². The van der Waals surface area contributed by atoms with Crippen molar-refractivity contribution in [3.63, 3.8) is 0 Å². The second-order valence-electron chi connectivity index (χ2n) is 8.00. The SMILES string of the molecule is COc1ccccc1CNC(=O)C1CCN(CC(=O)Nc2cc(C)cc(C)c2)CC1. The van der Waals surface area contributed by atoms with E-state index in [4.69, 9.17) is 4.74 Å². The Bertz CT molecular complexity index is 869. The van der Waals surface area contributed by atoms with E-state index in [0.29, 0.717) is 13.1 Å². The van der Waals surface area contributed by atoms with E-state index < -0.39 is 0 Å². The van der Waals surface area contributed by atoms with E-state index in [9.17, 15) is 9.59 Å². The summed E-state index contributed by atoms with van der Waals surface area (Å²) >= 11 is 0. The minimum Gasteiger partial charge on any atom is -0.496 e. The molecule has 2 aromatic carbocycles. The smallest absolute Gasteiger partial charge is 0.238 e. The fourth-order valence-electron chi connectivity index (χ4n) is 3.98. The van der Waals surface area contributed by atoms with Crippen molar-refractivity contribution in [2.24, 2.45) is 5.92 Å². The van der Waals surface area contributed by atoms with Crippen LogP contribution in [-0.4, -0.2) is 43.5 Å². The van der Waals surface area contributed by atoms with Gasteiger partial charge in [-0.15, -0.1) is 0 Å². The number of rotatable bonds is 7. The molecule has 0 saturated carbocycles. The van der Waals surface area contributed by atoms with Crippen LogP contribution in [0.5, 0.6) is 5.75 Å². The van der Waals surface area contributed by atoms with Gasteiger partial charge >= 0.3 is 0 Å². The summed E-state index contributed by atoms with van der Waals surface area (Å²) in [4.78, 5) is 27.1. The molecule has 0 spiro atoms. The third-order valence-corrected chi connectivity index (χ3v) is 5.48. The quantitative estimate of drug-likeness (QED) is 0.736. The molecule has 0 radical (unpaired) electrons. The fraction of sp³-hybridized carbons (Fsp3) is 0.417. The molecule has 0 aliphatic carbocycles. The maximum atomic E-state index is 12.6. The van der Waals surface area contributed by atoms with E-state index in [-0.39, 0.29) is 17.7 Å². The average Bonchev–Trinajstić information content (AvgIpc) is 2.72. The Hall–Kier alpha value is -2.86. The number of methoxy groups -OCH3 is 1. The fourth-order valence-corrected chi connectivity index (χ4v) is 3.98. The van der Waals surface area contributed by atoms with Crippen molar-refractivity contribution in [1.82, 2.24) is 10.2 Å². The van der Waals surface area contributed by atoms with E-state index >= 15 is 0 Å². The zero-order valence-corrected chi connectivity index (χ0v) is 18.0. The van der Waals surface area contributed by atoms with Crippen molar-refractivity contribution in [2.45, 2.75) is 33.2 Å². The van der Waals surface area contributed by atoms with Gasteiger partial charge in [-0.05, 0) is 69.1 Å². The summed E-state index contributed by atoms with van der Waals surface area (Å²) in [6, 6.07) is 13.7. The van der Waals surface area contributed by atoms with E-state index in [0.717, 1.165) is 54.1 Å². The molecule has 6 nitrogen and oxygen atoms in total. The van der Waals surface area contributed by atoms with Crippen LogP contribution >= 0.6 is 0 Å². The summed E-state index contributed by atoms with van der Waals surface area (Å²) < 4.78 is 5.33. The molecule has 0 atom stereocenters. The summed E-state index contributed by atoms with van der Waals surface area (Å²) in [7, 11) is 1.63. The lowest BCUT2D eigenvalue weighted by atomic mass is 9.95. The number of piperidine rings is 1. The third-order valence-electron chi connectivity index (χ3n) is 5.48. The highest BCUT2D eigenvalue weighted by atomic mass is 16.5. The predicted molar refractivity (Wildman–Crippen MR) is 119 cm³/mol. The Balaban J connectivity index is 1.42. The highest BCUT2D eigenvalue weighted by Crippen LogP contribution is 2.20. The number of nitrogens with one attached hydrogen (secondary N) is 2. The molecule has 2 amide bonds. The lowest BCUT2D eigenvalue weighted by molar-refractivity contribution is -0.126. The highest BCUT2D eigenvalue weighted by Gasteiger charge is 2.26. The van der Waals surface area contributed by atoms with Gasteiger partial charge in [-0.3, -0.25) is 14.5 Å². The Morgan fingerprint density at radius 1 is 1.07 bits per heavy atom. The largest absolute Gasteiger partial charge is 0.496 e. The molecule has 1 saturated heterocycles. The summed E-state index contributed by atoms with van der Waals surface area (Å²) in [5.41, 5.74) is 4.06. The van der Waals surface area contributed by atoms with Gasteiger partial charge in [0, 0.05) is 23.7 Å². The molecule has 0 unspecified atom stereocenters. The predicted octanol–water partition coefficient (Wildman–Crippen LogP) is 3.28. The molecule has 1 fully saturated rings. The Kier molecular flexibility index (Phi) is 7.46. The molecular weight excluding hydrogens is 378 g/mol. The first-order chi connectivity index (χ1) is 14.4. The molecule has 2 aromatic rings. The minimum absolute atomic E-state index is 0.0147. The van der Waals surface area contributed by atoms with Crippen molar-refractivity contribution in [3.8, 4) is 5.75 Å². The molecule has 2 N–H and O–H groups in total. The first-order valence-corrected chi connectivity index (χ1v) is 10.4. The topological polar surface area (TPSA) is 70.7 Å². The number of anilines is 1. The number of para-hydroxylation sites is 1. The van der Waals surface area contributed by atoms with Crippen molar-refractivity contribution in [1.29, 1.82) is 0 Å². The summed E-state index contributed by atoms with van der Waals surface area (Å²) in [6.45, 7) is 6.34. The molecule has 30 heavy (non-hydrogen) atoms. The third kappa shape index (κ3) is 6.07. The molecule has 1 aliphatic rings. The highest BCUT2D eigenvalue weighted by molar-refractivity contribution is 5.92. The minimum atomic E-state index is -0.0153. The molecule has 0 bridgehead atoms. The average molecular weight is 410 g/mol. The van der Waals surface area contributed by atoms with Crippen molar-refractivity contribution < 1.29 is 14.3 Å². The molecule has 1 heterocycles. The maximum absolute atomic E-state index is 12.6. The lowest BCUT2D eigenvalue weighted by Gasteiger charge is -2.30. The van der Waals surface area contributed by atoms with Crippen LogP contribution in [0.2, 0.25) is 0 Å². The second kappa shape index (κ2) is 10.3. The van der Waals surface area contributed by atoms with Gasteiger partial charge in [-0.1, -0.05) is 24.3 Å². The van der Waals surface area contributed by atoms with E-state index in [1.807, 2.05) is 50.2 Å². The van der Waals surface area contributed by atoms with E-state index in [1.165, 1.54) is 0 Å². The molecule has 1 aliphatic heterocycles. The first-order valence-electron chi connectivity index (χ1n) is 10.4. The number of amides is 2. The molecular formula is C24H31N3O3. The lowest BCUT2D eigenvalue weighted by Crippen LogP contribution is -2.43. The number of hydrogen-bond donors (Lipinski definition) is 2. The van der Waals surface area contributed by atoms with Gasteiger partial charge in [0.1, 0.15) is 5.75 Å². The summed E-state index contributed by atoms with van der Waals surface area (Å²) in [6.07, 6.45) is 1.52. The monoisotopic (exact) mass is 409 g/mol. The Morgan fingerprint density at radius 2 is 1.73 bits per heavy atom. The van der Waals surface area contributed by atoms with Crippen LogP contribution in [0.1, 0.15) is 29.5 Å². The number of likely N-dealkylation sites (tertiary alicyclic amines) is 1. The van der Waals surface area contributed by atoms with Crippen LogP contribution in [0.15, 0.2) is 42.5 Å². The van der Waals surface area contributed by atoms with Crippen molar-refractivity contribution in [2.75, 3.05) is 32.1 Å². The van der Waals surface area contributed by atoms with Crippen molar-refractivity contribution >= 4 is 17.5 Å². The Labute approximate surface area is 178 Å². The van der Waals surface area contributed by atoms with Crippen LogP contribution < -0.4 is 15.4 Å². The van der Waals surface area contributed by atoms with Crippen LogP contribution in [0.4, 0.5) is 5.69 Å². The van der Waals surface area contributed by atoms with Gasteiger partial charge in [0.25, 0.3) is 0 Å². The number of carbonyl (C=O) groups is 2. The van der Waals surface area contributed by atoms with Gasteiger partial charge in [0.05, 0.1) is 13.7 Å². The van der Waals surface area contributed by atoms with Crippen molar-refractivity contribution in [3.05, 3.63) is 59.2 Å². The molecule has 6 heteroatoms. The van der Waals surface area contributed by atoms with E-state index in [2.05, 4.69) is 21.6 Å². The Morgan fingerprint density at radius 3 is 2.40 bits per heavy atom. The zero-order chi connectivity index (χ0) is 21.5. The van der Waals surface area contributed by atoms with Gasteiger partial charge < -0.3 is 15.4 Å². The number of ether oxygens (including phenoxy) is 1. The summed E-state index contributed by atoms with van der Waals surface area (Å²) in [5.74, 6) is 0.820. The molecule has 0 aromatic heterocycles. The van der Waals surface area contributed by atoms with Crippen LogP contribution in [0.25, 0.3) is 0 Å². The number of hydrogen-bond acceptors (Lipinski definition) is 4. The van der Waals surface area contributed by atoms with Crippen LogP contribution in [-0.2, 0) is 16.1 Å². The second-order valence-corrected chi connectivity index (χ2v) is 8.00. The first kappa shape index (κ1) is 21.8. The number of aryl methyl sites for hydroxylation is 2. The van der Waals surface area contributed by atoms with Crippen LogP contribution in [0.3, 0.4) is 0 Å². The van der Waals surface area contributed by atoms with E-state index in [1.54, 1.807) is 7.11 Å². The van der Waals surface area contributed by atoms with Crippen LogP contribution in [0, 0.1) is 19.8 Å². The number of benzene rings is 2. The zero-order valence-electron chi connectivity index (χ0n) is 18.0. The number of nitrogens with zero attached hydrogens (tertiary/aromatic N) is 1. The van der Waals surface area contributed by atoms with Gasteiger partial charge in [0.15, 0.2) is 0 Å². The molecule has 160 valence electrons. The maximum Gasteiger partial charge on any atom is 0.238 e. The molecule has 3 rings (SSSR count). The normalized spacial score (nSPS) is 14.9. The number of carbonyl (C=O) groups excluding carboxylic acids is 2. The summed E-state index contributed by atoms with van der Waals surface area (Å²) in [5, 5.41) is 6.01. The van der Waals surface area contributed by atoms with Gasteiger partial charge in [-0.2, -0.15) is 0 Å². The standard InChI is InChI=1S/C24H31N3O3/c1-17-12-18(2)14-21(13-17)26-23(28)16-27-10-8-19(9-11-27)24(29)25-15-20-6-4-5-7-22(20)30-3/h4-7,12-14,19H,8-11,15-16H2,1-3H3,(H,25,29)(H,26,28). The van der Waals surface area contributed by atoms with Gasteiger partial charge in [0.2, 0.25) is 11.8 Å².